The molecule has 3 amide bonds. The van der Waals surface area contributed by atoms with Gasteiger partial charge in [-0.1, -0.05) is 11.6 Å². The van der Waals surface area contributed by atoms with Gasteiger partial charge in [0.1, 0.15) is 11.6 Å². The fraction of sp³-hybridized carbons (Fsp3) is 0.176. The lowest BCUT2D eigenvalue weighted by molar-refractivity contribution is -0.117. The predicted octanol–water partition coefficient (Wildman–Crippen LogP) is 3.55. The molecule has 1 fully saturated rings. The van der Waals surface area contributed by atoms with Crippen LogP contribution in [0.15, 0.2) is 42.5 Å². The van der Waals surface area contributed by atoms with Gasteiger partial charge in [0.2, 0.25) is 5.91 Å². The Morgan fingerprint density at radius 3 is 2.56 bits per heavy atom. The Hall–Kier alpha value is -2.67. The average Bonchev–Trinajstić information content (AvgIpc) is 2.92. The second-order valence-corrected chi connectivity index (χ2v) is 6.02. The minimum atomic E-state index is -0.580. The summed E-state index contributed by atoms with van der Waals surface area (Å²) < 4.78 is 26.1. The summed E-state index contributed by atoms with van der Waals surface area (Å²) in [6, 6.07) is 8.46. The number of benzene rings is 2. The van der Waals surface area contributed by atoms with Crippen LogP contribution in [0.1, 0.15) is 6.42 Å². The number of halogens is 3. The van der Waals surface area contributed by atoms with E-state index in [1.165, 1.54) is 41.3 Å². The molecule has 1 aliphatic heterocycles. The summed E-state index contributed by atoms with van der Waals surface area (Å²) in [6.07, 6.45) is 0.134. The molecule has 2 aromatic rings. The number of anilines is 2. The first-order valence-electron chi connectivity index (χ1n) is 7.51. The molecule has 1 saturated heterocycles. The van der Waals surface area contributed by atoms with Gasteiger partial charge in [0, 0.05) is 24.3 Å². The smallest absolute Gasteiger partial charge is 0.319 e. The van der Waals surface area contributed by atoms with E-state index >= 15 is 0 Å². The third-order valence-electron chi connectivity index (χ3n) is 3.78. The van der Waals surface area contributed by atoms with Crippen LogP contribution in [0.3, 0.4) is 0 Å². The number of hydrogen-bond acceptors (Lipinski definition) is 2. The van der Waals surface area contributed by atoms with Crippen molar-refractivity contribution in [2.24, 2.45) is 0 Å². The summed E-state index contributed by atoms with van der Waals surface area (Å²) in [5.41, 5.74) is 0.907. The number of hydrogen-bond donors (Lipinski definition) is 2. The van der Waals surface area contributed by atoms with Gasteiger partial charge in [0.25, 0.3) is 0 Å². The lowest BCUT2D eigenvalue weighted by Crippen LogP contribution is -2.39. The molecular formula is C17H14ClF2N3O2. The summed E-state index contributed by atoms with van der Waals surface area (Å²) >= 11 is 5.66. The molecule has 130 valence electrons. The van der Waals surface area contributed by atoms with E-state index in [1.54, 1.807) is 0 Å². The number of carbonyl (C=O) groups excluding carboxylic acids is 2. The zero-order chi connectivity index (χ0) is 18.0. The Morgan fingerprint density at radius 1 is 1.16 bits per heavy atom. The maximum absolute atomic E-state index is 13.1. The second-order valence-electron chi connectivity index (χ2n) is 5.61. The summed E-state index contributed by atoms with van der Waals surface area (Å²) in [4.78, 5) is 25.6. The molecule has 0 spiro atoms. The Balaban J connectivity index is 1.60. The number of nitrogens with one attached hydrogen (secondary N) is 2. The molecule has 8 heteroatoms. The Morgan fingerprint density at radius 2 is 1.88 bits per heavy atom. The van der Waals surface area contributed by atoms with Crippen molar-refractivity contribution in [1.82, 2.24) is 5.32 Å². The fourth-order valence-electron chi connectivity index (χ4n) is 2.60. The quantitative estimate of drug-likeness (QED) is 0.873. The van der Waals surface area contributed by atoms with Crippen LogP contribution >= 0.6 is 11.6 Å². The van der Waals surface area contributed by atoms with Crippen LogP contribution in [0.4, 0.5) is 25.0 Å². The largest absolute Gasteiger partial charge is 0.333 e. The summed E-state index contributed by atoms with van der Waals surface area (Å²) in [5, 5.41) is 5.11. The molecule has 0 bridgehead atoms. The van der Waals surface area contributed by atoms with Gasteiger partial charge in [0.05, 0.1) is 11.1 Å². The normalized spacial score (nSPS) is 16.8. The number of rotatable bonds is 3. The Labute approximate surface area is 147 Å². The first-order valence-corrected chi connectivity index (χ1v) is 7.88. The molecule has 0 aliphatic carbocycles. The fourth-order valence-corrected chi connectivity index (χ4v) is 2.78. The van der Waals surface area contributed by atoms with Crippen LogP contribution in [0.25, 0.3) is 0 Å². The van der Waals surface area contributed by atoms with Crippen molar-refractivity contribution < 1.29 is 18.4 Å². The third kappa shape index (κ3) is 4.06. The third-order valence-corrected chi connectivity index (χ3v) is 4.07. The molecule has 5 nitrogen and oxygen atoms in total. The standard InChI is InChI=1S/C17H14ClF2N3O2/c18-14-7-11(3-6-15(14)20)21-17(25)22-12-8-16(24)23(9-12)13-4-1-10(19)2-5-13/h1-7,12H,8-9H2,(H2,21,22,25)/t12-/m0/s1. The lowest BCUT2D eigenvalue weighted by Gasteiger charge is -2.17. The van der Waals surface area contributed by atoms with Crippen LogP contribution in [0, 0.1) is 11.6 Å². The molecule has 3 rings (SSSR count). The molecule has 2 aromatic carbocycles. The van der Waals surface area contributed by atoms with E-state index in [9.17, 15) is 18.4 Å². The molecule has 2 N–H and O–H groups in total. The van der Waals surface area contributed by atoms with Gasteiger partial charge in [0.15, 0.2) is 0 Å². The average molecular weight is 366 g/mol. The first kappa shape index (κ1) is 17.2. The Kier molecular flexibility index (Phi) is 4.85. The lowest BCUT2D eigenvalue weighted by atomic mass is 10.2. The zero-order valence-electron chi connectivity index (χ0n) is 12.9. The van der Waals surface area contributed by atoms with Crippen LogP contribution in [0.2, 0.25) is 5.02 Å². The Bertz CT molecular complexity index is 814. The monoisotopic (exact) mass is 365 g/mol. The van der Waals surface area contributed by atoms with E-state index in [1.807, 2.05) is 0 Å². The molecule has 0 aromatic heterocycles. The van der Waals surface area contributed by atoms with Gasteiger partial charge in [-0.05, 0) is 42.5 Å². The maximum atomic E-state index is 13.1. The second kappa shape index (κ2) is 7.06. The number of urea groups is 1. The highest BCUT2D eigenvalue weighted by atomic mass is 35.5. The van der Waals surface area contributed by atoms with Gasteiger partial charge in [-0.15, -0.1) is 0 Å². The highest BCUT2D eigenvalue weighted by Crippen LogP contribution is 2.22. The SMILES string of the molecule is O=C(Nc1ccc(F)c(Cl)c1)N[C@H]1CC(=O)N(c2ccc(F)cc2)C1. The van der Waals surface area contributed by atoms with Crippen molar-refractivity contribution in [3.8, 4) is 0 Å². The molecule has 1 atom stereocenters. The van der Waals surface area contributed by atoms with Crippen molar-refractivity contribution >= 4 is 34.9 Å². The van der Waals surface area contributed by atoms with E-state index in [4.69, 9.17) is 11.6 Å². The van der Waals surface area contributed by atoms with Gasteiger partial charge in [-0.2, -0.15) is 0 Å². The predicted molar refractivity (Wildman–Crippen MR) is 90.7 cm³/mol. The van der Waals surface area contributed by atoms with Gasteiger partial charge >= 0.3 is 6.03 Å². The molecular weight excluding hydrogens is 352 g/mol. The van der Waals surface area contributed by atoms with Gasteiger partial charge in [-0.3, -0.25) is 4.79 Å². The van der Waals surface area contributed by atoms with Gasteiger partial charge < -0.3 is 15.5 Å². The first-order chi connectivity index (χ1) is 11.9. The molecule has 1 aliphatic rings. The zero-order valence-corrected chi connectivity index (χ0v) is 13.7. The van der Waals surface area contributed by atoms with Crippen molar-refractivity contribution in [2.45, 2.75) is 12.5 Å². The van der Waals surface area contributed by atoms with E-state index in [0.29, 0.717) is 11.4 Å². The molecule has 1 heterocycles. The van der Waals surface area contributed by atoms with E-state index in [-0.39, 0.29) is 29.7 Å². The highest BCUT2D eigenvalue weighted by molar-refractivity contribution is 6.31. The molecule has 0 unspecified atom stereocenters. The van der Waals surface area contributed by atoms with Crippen molar-refractivity contribution in [2.75, 3.05) is 16.8 Å². The van der Waals surface area contributed by atoms with E-state index < -0.39 is 17.9 Å². The van der Waals surface area contributed by atoms with Crippen LogP contribution in [0.5, 0.6) is 0 Å². The number of amides is 3. The number of nitrogens with zero attached hydrogens (tertiary/aromatic N) is 1. The van der Waals surface area contributed by atoms with E-state index in [2.05, 4.69) is 10.6 Å². The summed E-state index contributed by atoms with van der Waals surface area (Å²) in [5.74, 6) is -1.13. The molecule has 0 saturated carbocycles. The highest BCUT2D eigenvalue weighted by Gasteiger charge is 2.31. The molecule has 0 radical (unpaired) electrons. The molecule has 25 heavy (non-hydrogen) atoms. The summed E-state index contributed by atoms with van der Waals surface area (Å²) in [7, 11) is 0. The van der Waals surface area contributed by atoms with Crippen molar-refractivity contribution in [1.29, 1.82) is 0 Å². The minimum absolute atomic E-state index is 0.101. The van der Waals surface area contributed by atoms with Crippen molar-refractivity contribution in [3.05, 3.63) is 59.1 Å². The van der Waals surface area contributed by atoms with Gasteiger partial charge in [-0.25, -0.2) is 13.6 Å². The number of carbonyl (C=O) groups is 2. The summed E-state index contributed by atoms with van der Waals surface area (Å²) in [6.45, 7) is 0.280. The van der Waals surface area contributed by atoms with Crippen molar-refractivity contribution in [3.63, 3.8) is 0 Å². The maximum Gasteiger partial charge on any atom is 0.319 e. The minimum Gasteiger partial charge on any atom is -0.333 e. The van der Waals surface area contributed by atoms with Crippen LogP contribution in [-0.2, 0) is 4.79 Å². The van der Waals surface area contributed by atoms with Crippen LogP contribution < -0.4 is 15.5 Å². The topological polar surface area (TPSA) is 61.4 Å². The van der Waals surface area contributed by atoms with Crippen LogP contribution in [-0.4, -0.2) is 24.5 Å². The van der Waals surface area contributed by atoms with E-state index in [0.717, 1.165) is 6.07 Å².